The maximum absolute atomic E-state index is 5.16. The molecule has 0 aliphatic carbocycles. The van der Waals surface area contributed by atoms with Gasteiger partial charge in [0.25, 0.3) is 0 Å². The van der Waals surface area contributed by atoms with E-state index in [4.69, 9.17) is 5.73 Å². The zero-order chi connectivity index (χ0) is 6.69. The molecule has 3 N–H and O–H groups in total. The van der Waals surface area contributed by atoms with Crippen LogP contribution in [0.25, 0.3) is 0 Å². The smallest absolute Gasteiger partial charge is 0.183 e. The lowest BCUT2D eigenvalue weighted by Gasteiger charge is -2.00. The normalized spacial score (nSPS) is 8.89. The van der Waals surface area contributed by atoms with Gasteiger partial charge < -0.3 is 5.73 Å². The fourth-order valence-electron chi connectivity index (χ4n) is 0.452. The van der Waals surface area contributed by atoms with Crippen LogP contribution in [0.4, 0.5) is 0 Å². The van der Waals surface area contributed by atoms with Gasteiger partial charge in [-0.15, -0.1) is 0 Å². The average Bonchev–Trinajstić information content (AvgIpc) is 2.15. The zero-order valence-electron chi connectivity index (χ0n) is 4.61. The van der Waals surface area contributed by atoms with Crippen molar-refractivity contribution in [1.29, 1.82) is 0 Å². The van der Waals surface area contributed by atoms with E-state index in [1.807, 2.05) is 0 Å². The fourth-order valence-corrected chi connectivity index (χ4v) is 0.558. The van der Waals surface area contributed by atoms with E-state index < -0.39 is 0 Å². The summed E-state index contributed by atoms with van der Waals surface area (Å²) in [6, 6.07) is 0. The first kappa shape index (κ1) is 6.03. The number of nitrogens with one attached hydrogen (secondary N) is 1. The van der Waals surface area contributed by atoms with Gasteiger partial charge in [-0.2, -0.15) is 0 Å². The molecule has 1 aromatic heterocycles. The van der Waals surface area contributed by atoms with Gasteiger partial charge in [0.2, 0.25) is 0 Å². The van der Waals surface area contributed by atoms with Crippen molar-refractivity contribution < 1.29 is 0 Å². The van der Waals surface area contributed by atoms with Gasteiger partial charge in [0.05, 0.1) is 0 Å². The van der Waals surface area contributed by atoms with Crippen molar-refractivity contribution in [3.8, 4) is 0 Å². The first-order valence-electron chi connectivity index (χ1n) is 2.33. The molecular formula is C4H6N4S. The van der Waals surface area contributed by atoms with E-state index in [9.17, 15) is 0 Å². The van der Waals surface area contributed by atoms with Crippen LogP contribution < -0.4 is 11.2 Å². The Morgan fingerprint density at radius 2 is 2.56 bits per heavy atom. The first-order valence-corrected chi connectivity index (χ1v) is 2.74. The third-order valence-electron chi connectivity index (χ3n) is 0.744. The van der Waals surface area contributed by atoms with Crippen LogP contribution in [-0.4, -0.2) is 14.8 Å². The minimum Gasteiger partial charge on any atom is -0.375 e. The fraction of sp³-hybridized carbons (Fsp3) is 0. The van der Waals surface area contributed by atoms with Crippen LogP contribution in [0.1, 0.15) is 0 Å². The highest BCUT2D eigenvalue weighted by Gasteiger charge is 1.85. The Morgan fingerprint density at radius 1 is 1.78 bits per heavy atom. The summed E-state index contributed by atoms with van der Waals surface area (Å²) >= 11 is 4.56. The van der Waals surface area contributed by atoms with Crippen molar-refractivity contribution in [3.05, 3.63) is 18.7 Å². The third kappa shape index (κ3) is 1.69. The second kappa shape index (κ2) is 2.45. The maximum atomic E-state index is 5.16. The Kier molecular flexibility index (Phi) is 1.64. The van der Waals surface area contributed by atoms with Crippen LogP contribution in [-0.2, 0) is 0 Å². The van der Waals surface area contributed by atoms with Crippen LogP contribution in [0.5, 0.6) is 0 Å². The van der Waals surface area contributed by atoms with Crippen molar-refractivity contribution in [2.45, 2.75) is 0 Å². The standard InChI is InChI=1S/C4H6N4S/c5-4(9)7-8-2-1-6-3-8/h1-3H,(H3,5,7,9). The number of nitrogens with two attached hydrogens (primary N) is 1. The van der Waals surface area contributed by atoms with E-state index in [0.29, 0.717) is 0 Å². The van der Waals surface area contributed by atoms with E-state index in [2.05, 4.69) is 22.6 Å². The SMILES string of the molecule is NC(=S)Nn1ccnc1. The second-order valence-corrected chi connectivity index (χ2v) is 1.89. The lowest BCUT2D eigenvalue weighted by Crippen LogP contribution is -2.26. The van der Waals surface area contributed by atoms with Gasteiger partial charge in [0.1, 0.15) is 6.33 Å². The number of aromatic nitrogens is 2. The molecule has 1 aromatic rings. The summed E-state index contributed by atoms with van der Waals surface area (Å²) < 4.78 is 1.57. The molecule has 0 aliphatic heterocycles. The predicted molar refractivity (Wildman–Crippen MR) is 38.4 cm³/mol. The molecule has 0 saturated heterocycles. The predicted octanol–water partition coefficient (Wildman–Crippen LogP) is -0.330. The Morgan fingerprint density at radius 3 is 3.00 bits per heavy atom. The lowest BCUT2D eigenvalue weighted by molar-refractivity contribution is 0.974. The van der Waals surface area contributed by atoms with Crippen LogP contribution in [0, 0.1) is 0 Å². The summed E-state index contributed by atoms with van der Waals surface area (Å²) in [6.45, 7) is 0. The molecule has 0 unspecified atom stereocenters. The van der Waals surface area contributed by atoms with Gasteiger partial charge in [-0.3, -0.25) is 5.43 Å². The summed E-state index contributed by atoms with van der Waals surface area (Å²) in [6.07, 6.45) is 4.91. The number of thiocarbonyl (C=S) groups is 1. The van der Waals surface area contributed by atoms with Crippen LogP contribution in [0.3, 0.4) is 0 Å². The summed E-state index contributed by atoms with van der Waals surface area (Å²) in [5.74, 6) is 0. The number of hydrogen-bond donors (Lipinski definition) is 2. The highest BCUT2D eigenvalue weighted by Crippen LogP contribution is 1.77. The Hall–Kier alpha value is -1.10. The molecule has 1 rings (SSSR count). The molecule has 0 spiro atoms. The van der Waals surface area contributed by atoms with Crippen molar-refractivity contribution in [2.24, 2.45) is 5.73 Å². The van der Waals surface area contributed by atoms with Crippen molar-refractivity contribution in [1.82, 2.24) is 9.66 Å². The largest absolute Gasteiger partial charge is 0.375 e. The molecule has 5 heteroatoms. The topological polar surface area (TPSA) is 55.9 Å². The molecular weight excluding hydrogens is 136 g/mol. The molecule has 0 aliphatic rings. The van der Waals surface area contributed by atoms with E-state index in [1.54, 1.807) is 23.4 Å². The minimum absolute atomic E-state index is 0.230. The molecule has 4 nitrogen and oxygen atoms in total. The highest BCUT2D eigenvalue weighted by atomic mass is 32.1. The van der Waals surface area contributed by atoms with Crippen LogP contribution >= 0.6 is 12.2 Å². The van der Waals surface area contributed by atoms with Gasteiger partial charge >= 0.3 is 0 Å². The molecule has 0 radical (unpaired) electrons. The number of imidazole rings is 1. The Bertz CT molecular complexity index is 192. The number of hydrogen-bond acceptors (Lipinski definition) is 2. The number of nitrogens with zero attached hydrogens (tertiary/aromatic N) is 2. The molecule has 0 saturated carbocycles. The second-order valence-electron chi connectivity index (χ2n) is 1.45. The minimum atomic E-state index is 0.230. The Balaban J connectivity index is 2.58. The zero-order valence-corrected chi connectivity index (χ0v) is 5.43. The van der Waals surface area contributed by atoms with E-state index in [1.165, 1.54) is 0 Å². The van der Waals surface area contributed by atoms with E-state index >= 15 is 0 Å². The van der Waals surface area contributed by atoms with Crippen LogP contribution in [0.15, 0.2) is 18.7 Å². The summed E-state index contributed by atoms with van der Waals surface area (Å²) in [5, 5.41) is 0.230. The quantitative estimate of drug-likeness (QED) is 0.527. The van der Waals surface area contributed by atoms with Crippen molar-refractivity contribution in [2.75, 3.05) is 5.43 Å². The third-order valence-corrected chi connectivity index (χ3v) is 0.835. The average molecular weight is 142 g/mol. The molecule has 0 bridgehead atoms. The summed E-state index contributed by atoms with van der Waals surface area (Å²) in [7, 11) is 0. The highest BCUT2D eigenvalue weighted by molar-refractivity contribution is 7.80. The lowest BCUT2D eigenvalue weighted by atomic mass is 10.9. The number of rotatable bonds is 1. The monoisotopic (exact) mass is 142 g/mol. The summed E-state index contributed by atoms with van der Waals surface area (Å²) in [4.78, 5) is 3.76. The maximum Gasteiger partial charge on any atom is 0.183 e. The summed E-state index contributed by atoms with van der Waals surface area (Å²) in [5.41, 5.74) is 7.80. The molecule has 48 valence electrons. The molecule has 0 fully saturated rings. The van der Waals surface area contributed by atoms with Crippen LogP contribution in [0.2, 0.25) is 0 Å². The van der Waals surface area contributed by atoms with Gasteiger partial charge in [-0.25, -0.2) is 9.66 Å². The first-order chi connectivity index (χ1) is 4.29. The van der Waals surface area contributed by atoms with E-state index in [0.717, 1.165) is 0 Å². The molecule has 9 heavy (non-hydrogen) atoms. The van der Waals surface area contributed by atoms with Gasteiger partial charge in [0.15, 0.2) is 5.11 Å². The Labute approximate surface area is 57.7 Å². The van der Waals surface area contributed by atoms with Gasteiger partial charge in [0, 0.05) is 12.4 Å². The molecule has 0 aromatic carbocycles. The van der Waals surface area contributed by atoms with E-state index in [-0.39, 0.29) is 5.11 Å². The van der Waals surface area contributed by atoms with Crippen molar-refractivity contribution in [3.63, 3.8) is 0 Å². The molecule has 0 amide bonds. The van der Waals surface area contributed by atoms with Crippen molar-refractivity contribution >= 4 is 17.3 Å². The van der Waals surface area contributed by atoms with Gasteiger partial charge in [-0.1, -0.05) is 0 Å². The van der Waals surface area contributed by atoms with Gasteiger partial charge in [-0.05, 0) is 12.2 Å². The molecule has 0 atom stereocenters. The molecule has 1 heterocycles.